The van der Waals surface area contributed by atoms with E-state index < -0.39 is 17.9 Å². The zero-order valence-corrected chi connectivity index (χ0v) is 18.6. The SMILES string of the molecule is CC(C)C[C@H](NC(=O)c1cc(-c2ccc(Nc3nc4ccc(F)cc4s3)cc2)no1)C(=O)O. The molecule has 170 valence electrons. The molecule has 0 spiro atoms. The number of nitrogens with one attached hydrogen (secondary N) is 2. The molecule has 0 saturated heterocycles. The van der Waals surface area contributed by atoms with Gasteiger partial charge in [-0.05, 0) is 42.7 Å². The van der Waals surface area contributed by atoms with Crippen LogP contribution in [0.2, 0.25) is 0 Å². The number of hydrogen-bond acceptors (Lipinski definition) is 7. The Kier molecular flexibility index (Phi) is 6.36. The minimum Gasteiger partial charge on any atom is -0.480 e. The number of benzene rings is 2. The number of carbonyl (C=O) groups excluding carboxylic acids is 1. The van der Waals surface area contributed by atoms with Crippen molar-refractivity contribution in [2.45, 2.75) is 26.3 Å². The third-order valence-corrected chi connectivity index (χ3v) is 5.76. The Hall–Kier alpha value is -3.79. The average molecular weight is 469 g/mol. The molecule has 2 aromatic heterocycles. The van der Waals surface area contributed by atoms with Crippen LogP contribution in [-0.4, -0.2) is 33.2 Å². The smallest absolute Gasteiger partial charge is 0.326 e. The average Bonchev–Trinajstić information content (AvgIpc) is 3.40. The number of halogens is 1. The van der Waals surface area contributed by atoms with Crippen molar-refractivity contribution in [3.05, 3.63) is 60.1 Å². The number of amides is 1. The lowest BCUT2D eigenvalue weighted by atomic mass is 10.0. The van der Waals surface area contributed by atoms with Crippen LogP contribution in [-0.2, 0) is 4.79 Å². The Morgan fingerprint density at radius 2 is 1.91 bits per heavy atom. The molecule has 0 aliphatic rings. The van der Waals surface area contributed by atoms with Gasteiger partial charge < -0.3 is 20.3 Å². The lowest BCUT2D eigenvalue weighted by Gasteiger charge is -2.15. The molecule has 4 aromatic rings. The maximum absolute atomic E-state index is 13.4. The van der Waals surface area contributed by atoms with Gasteiger partial charge >= 0.3 is 5.97 Å². The van der Waals surface area contributed by atoms with Gasteiger partial charge in [0.1, 0.15) is 17.6 Å². The topological polar surface area (TPSA) is 117 Å². The van der Waals surface area contributed by atoms with Crippen molar-refractivity contribution in [3.63, 3.8) is 0 Å². The van der Waals surface area contributed by atoms with E-state index >= 15 is 0 Å². The maximum Gasteiger partial charge on any atom is 0.326 e. The zero-order chi connectivity index (χ0) is 23.5. The van der Waals surface area contributed by atoms with E-state index in [4.69, 9.17) is 4.52 Å². The van der Waals surface area contributed by atoms with Crippen molar-refractivity contribution in [2.75, 3.05) is 5.32 Å². The number of thiazole rings is 1. The van der Waals surface area contributed by atoms with Crippen LogP contribution in [0.15, 0.2) is 53.1 Å². The Labute approximate surface area is 192 Å². The molecule has 0 aliphatic heterocycles. The monoisotopic (exact) mass is 468 g/mol. The molecule has 1 atom stereocenters. The van der Waals surface area contributed by atoms with E-state index in [0.717, 1.165) is 10.4 Å². The van der Waals surface area contributed by atoms with E-state index in [2.05, 4.69) is 20.8 Å². The first-order valence-corrected chi connectivity index (χ1v) is 11.0. The molecule has 0 fully saturated rings. The molecule has 2 heterocycles. The van der Waals surface area contributed by atoms with Gasteiger partial charge in [0, 0.05) is 17.3 Å². The van der Waals surface area contributed by atoms with Gasteiger partial charge in [0.15, 0.2) is 5.13 Å². The van der Waals surface area contributed by atoms with Crippen molar-refractivity contribution in [2.24, 2.45) is 5.92 Å². The number of anilines is 2. The number of aromatic nitrogens is 2. The zero-order valence-electron chi connectivity index (χ0n) is 17.8. The van der Waals surface area contributed by atoms with Crippen LogP contribution < -0.4 is 10.6 Å². The molecule has 4 rings (SSSR count). The highest BCUT2D eigenvalue weighted by atomic mass is 32.1. The summed E-state index contributed by atoms with van der Waals surface area (Å²) in [6.07, 6.45) is 0.306. The Balaban J connectivity index is 1.43. The van der Waals surface area contributed by atoms with Crippen molar-refractivity contribution >= 4 is 44.2 Å². The van der Waals surface area contributed by atoms with Crippen molar-refractivity contribution in [3.8, 4) is 11.3 Å². The van der Waals surface area contributed by atoms with Crippen molar-refractivity contribution in [1.29, 1.82) is 0 Å². The van der Waals surface area contributed by atoms with E-state index in [1.165, 1.54) is 29.5 Å². The fourth-order valence-electron chi connectivity index (χ4n) is 3.24. The largest absolute Gasteiger partial charge is 0.480 e. The predicted octanol–water partition coefficient (Wildman–Crippen LogP) is 5.06. The highest BCUT2D eigenvalue weighted by Gasteiger charge is 2.24. The third-order valence-electron chi connectivity index (χ3n) is 4.83. The summed E-state index contributed by atoms with van der Waals surface area (Å²) in [5, 5.41) is 19.5. The first-order valence-electron chi connectivity index (χ1n) is 10.2. The molecule has 0 unspecified atom stereocenters. The second-order valence-electron chi connectivity index (χ2n) is 7.90. The van der Waals surface area contributed by atoms with Crippen LogP contribution in [0.4, 0.5) is 15.2 Å². The summed E-state index contributed by atoms with van der Waals surface area (Å²) in [5.74, 6) is -2.00. The van der Waals surface area contributed by atoms with Crippen LogP contribution in [0.3, 0.4) is 0 Å². The van der Waals surface area contributed by atoms with E-state index in [1.54, 1.807) is 18.2 Å². The summed E-state index contributed by atoms with van der Waals surface area (Å²) >= 11 is 1.35. The van der Waals surface area contributed by atoms with Gasteiger partial charge in [-0.1, -0.05) is 42.5 Å². The summed E-state index contributed by atoms with van der Waals surface area (Å²) in [6, 6.07) is 12.2. The molecular formula is C23H21FN4O4S. The number of hydrogen-bond donors (Lipinski definition) is 3. The molecule has 10 heteroatoms. The fourth-order valence-corrected chi connectivity index (χ4v) is 4.15. The molecular weight excluding hydrogens is 447 g/mol. The van der Waals surface area contributed by atoms with E-state index in [9.17, 15) is 19.1 Å². The molecule has 0 bridgehead atoms. The summed E-state index contributed by atoms with van der Waals surface area (Å²) in [6.45, 7) is 3.76. The Bertz CT molecular complexity index is 1300. The molecule has 2 aromatic carbocycles. The number of fused-ring (bicyclic) bond motifs is 1. The van der Waals surface area contributed by atoms with Gasteiger partial charge in [-0.2, -0.15) is 0 Å². The number of nitrogens with zero attached hydrogens (tertiary/aromatic N) is 2. The van der Waals surface area contributed by atoms with Crippen molar-refractivity contribution in [1.82, 2.24) is 15.5 Å². The van der Waals surface area contributed by atoms with Crippen LogP contribution in [0.1, 0.15) is 30.8 Å². The Morgan fingerprint density at radius 3 is 2.61 bits per heavy atom. The van der Waals surface area contributed by atoms with Crippen molar-refractivity contribution < 1.29 is 23.6 Å². The summed E-state index contributed by atoms with van der Waals surface area (Å²) < 4.78 is 19.2. The van der Waals surface area contributed by atoms with Gasteiger partial charge in [0.2, 0.25) is 5.76 Å². The molecule has 0 aliphatic carbocycles. The van der Waals surface area contributed by atoms with Crippen LogP contribution in [0.5, 0.6) is 0 Å². The van der Waals surface area contributed by atoms with Crippen LogP contribution in [0.25, 0.3) is 21.5 Å². The number of carboxylic acids is 1. The minimum absolute atomic E-state index is 0.0658. The van der Waals surface area contributed by atoms with Crippen LogP contribution >= 0.6 is 11.3 Å². The number of carboxylic acid groups (broad SMARTS) is 1. The highest BCUT2D eigenvalue weighted by Crippen LogP contribution is 2.29. The lowest BCUT2D eigenvalue weighted by Crippen LogP contribution is -2.41. The minimum atomic E-state index is -1.10. The van der Waals surface area contributed by atoms with E-state index in [1.807, 2.05) is 26.0 Å². The quantitative estimate of drug-likeness (QED) is 0.331. The molecule has 33 heavy (non-hydrogen) atoms. The maximum atomic E-state index is 13.4. The van der Waals surface area contributed by atoms with Gasteiger partial charge in [-0.15, -0.1) is 0 Å². The molecule has 1 amide bonds. The first kappa shape index (κ1) is 22.4. The number of aliphatic carboxylic acids is 1. The first-order chi connectivity index (χ1) is 15.8. The normalized spacial score (nSPS) is 12.1. The Morgan fingerprint density at radius 1 is 1.15 bits per heavy atom. The van der Waals surface area contributed by atoms with E-state index in [0.29, 0.717) is 28.3 Å². The fraction of sp³-hybridized carbons (Fsp3) is 0.217. The lowest BCUT2D eigenvalue weighted by molar-refractivity contribution is -0.139. The van der Waals surface area contributed by atoms with Gasteiger partial charge in [-0.3, -0.25) is 4.79 Å². The molecule has 0 radical (unpaired) electrons. The third kappa shape index (κ3) is 5.35. The second kappa shape index (κ2) is 9.37. The van der Waals surface area contributed by atoms with Gasteiger partial charge in [0.05, 0.1) is 10.2 Å². The predicted molar refractivity (Wildman–Crippen MR) is 123 cm³/mol. The van der Waals surface area contributed by atoms with Crippen LogP contribution in [0, 0.1) is 11.7 Å². The van der Waals surface area contributed by atoms with E-state index in [-0.39, 0.29) is 17.5 Å². The summed E-state index contributed by atoms with van der Waals surface area (Å²) in [5.41, 5.74) is 2.65. The number of carbonyl (C=O) groups is 2. The highest BCUT2D eigenvalue weighted by molar-refractivity contribution is 7.22. The summed E-state index contributed by atoms with van der Waals surface area (Å²) in [7, 11) is 0. The molecule has 0 saturated carbocycles. The standard InChI is InChI=1S/C23H21FN4O4S/c1-12(2)9-18(22(30)31)26-21(29)19-11-17(28-32-19)13-3-6-15(7-4-13)25-23-27-16-8-5-14(24)10-20(16)33-23/h3-8,10-12,18H,9H2,1-2H3,(H,25,27)(H,26,29)(H,30,31)/t18-/m0/s1. The second-order valence-corrected chi connectivity index (χ2v) is 8.93. The van der Waals surface area contributed by atoms with Gasteiger partial charge in [-0.25, -0.2) is 14.2 Å². The van der Waals surface area contributed by atoms with Gasteiger partial charge in [0.25, 0.3) is 5.91 Å². The number of rotatable bonds is 8. The molecule has 3 N–H and O–H groups in total. The molecule has 8 nitrogen and oxygen atoms in total. The summed E-state index contributed by atoms with van der Waals surface area (Å²) in [4.78, 5) is 28.2.